The standard InChI is InChI=1S/C24H19N2.C21H19N2.2C20H18N3.C20H17N2/c1-16-13-18-12-11-17-7-3-4-8-19(17)22(18)14-21(16)24-20-9-5-6-10-23(20)25-15-26(24)2;1-14-10-17-9-8-16-6-4-5-7-18(16)20(17)11-19(14)21-12-22-15(2)13-23(21)3;1-13-8-15-10-22-19-7-5-4-6-16(19)18(15)9-17(13)20-11-21-14(2)12-23(20)3;1-13-8-19-18(16-7-5-4-6-15(16)10-22-19)9-17(13)20-11-21-14(2)12-23(20)3;1-14-11-16-8-7-15-5-3-4-6-17(15)19(16)12-18(14)20-9-10-21-13-22(20)2/h3-15H,1-2H3;4-13H,1-3H3;2*4-12H,1-3H3;3-13H,1-2H3/q5*+1. The van der Waals surface area contributed by atoms with Crippen molar-refractivity contribution in [3.05, 3.63) is 362 Å². The number of rotatable bonds is 5. The van der Waals surface area contributed by atoms with Crippen LogP contribution in [0.25, 0.3) is 175 Å². The summed E-state index contributed by atoms with van der Waals surface area (Å²) < 4.78 is 10.6. The molecule has 0 N–H and O–H groups in total. The molecule has 0 spiro atoms. The van der Waals surface area contributed by atoms with Gasteiger partial charge in [0.2, 0.25) is 17.1 Å². The summed E-state index contributed by atoms with van der Waals surface area (Å²) in [5.41, 5.74) is 24.4. The molecule has 117 heavy (non-hydrogen) atoms. The van der Waals surface area contributed by atoms with E-state index < -0.39 is 0 Å². The molecular formula is C105H91N12+5. The number of pyridine rings is 2. The quantitative estimate of drug-likeness (QED) is 0.125. The number of hydrogen-bond donors (Lipinski definition) is 0. The van der Waals surface area contributed by atoms with Gasteiger partial charge in [0.15, 0.2) is 24.1 Å². The maximum atomic E-state index is 4.62. The molecule has 0 atom stereocenters. The monoisotopic (exact) mass is 1520 g/mol. The van der Waals surface area contributed by atoms with E-state index in [-0.39, 0.29) is 0 Å². The lowest BCUT2D eigenvalue weighted by molar-refractivity contribution is -0.663. The summed E-state index contributed by atoms with van der Waals surface area (Å²) in [6.07, 6.45) is 21.6. The molecule has 0 aliphatic rings. The second-order valence-corrected chi connectivity index (χ2v) is 31.0. The molecule has 12 nitrogen and oxygen atoms in total. The van der Waals surface area contributed by atoms with Gasteiger partial charge in [0.1, 0.15) is 55.8 Å². The number of aryl methyl sites for hydroxylation is 13. The number of benzene rings is 14. The average Bonchev–Trinajstić information content (AvgIpc) is 0.767. The van der Waals surface area contributed by atoms with Crippen molar-refractivity contribution in [1.29, 1.82) is 0 Å². The number of nitrogens with zero attached hydrogens (tertiary/aromatic N) is 12. The molecule has 21 aromatic rings. The Morgan fingerprint density at radius 1 is 0.214 bits per heavy atom. The van der Waals surface area contributed by atoms with E-state index in [2.05, 4.69) is 376 Å². The first kappa shape index (κ1) is 75.3. The van der Waals surface area contributed by atoms with E-state index in [0.717, 1.165) is 50.7 Å². The molecule has 14 aromatic carbocycles. The second-order valence-electron chi connectivity index (χ2n) is 31.0. The average molecular weight is 1520 g/mol. The topological polar surface area (TPSA) is 110 Å². The number of fused-ring (bicyclic) bond motifs is 16. The SMILES string of the molecule is Cc1c[n+](C)c(-c2cc3c(cc2C)ncc2ccccc23)cn1.Cc1c[n+](C)c(-c2cc3c(ccc4ccccc43)cc2C)cn1.Cc1c[n+](C)c(-c2cc3c(cnc4ccccc43)cc2C)cn1.Cc1cc2ccc3ccccc3c2cc1-c1c2ccccc2nc[n+]1C.Cc1cc2ccc3ccccc3c2cc1-c1ccnc[n+]1C. The van der Waals surface area contributed by atoms with E-state index >= 15 is 0 Å². The lowest BCUT2D eigenvalue weighted by atomic mass is 9.94. The lowest BCUT2D eigenvalue weighted by Crippen LogP contribution is -2.31. The highest BCUT2D eigenvalue weighted by Gasteiger charge is 2.22. The highest BCUT2D eigenvalue weighted by molar-refractivity contribution is 6.13. The van der Waals surface area contributed by atoms with Crippen LogP contribution in [0.4, 0.5) is 0 Å². The molecule has 566 valence electrons. The fourth-order valence-electron chi connectivity index (χ4n) is 16.8. The van der Waals surface area contributed by atoms with Gasteiger partial charge in [0.05, 0.1) is 65.8 Å². The van der Waals surface area contributed by atoms with Gasteiger partial charge < -0.3 is 0 Å². The minimum absolute atomic E-state index is 1.02. The summed E-state index contributed by atoms with van der Waals surface area (Å²) in [5.74, 6) is 0. The fraction of sp³-hybridized carbons (Fsp3) is 0.124. The molecule has 7 aromatic heterocycles. The van der Waals surface area contributed by atoms with Crippen LogP contribution < -0.4 is 22.8 Å². The Kier molecular flexibility index (Phi) is 20.5. The number of para-hydroxylation sites is 2. The zero-order valence-corrected chi connectivity index (χ0v) is 68.4. The van der Waals surface area contributed by atoms with Crippen LogP contribution in [0.15, 0.2) is 317 Å². The van der Waals surface area contributed by atoms with E-state index in [9.17, 15) is 0 Å². The van der Waals surface area contributed by atoms with Crippen molar-refractivity contribution in [2.75, 3.05) is 0 Å². The molecule has 0 saturated carbocycles. The summed E-state index contributed by atoms with van der Waals surface area (Å²) in [6.45, 7) is 16.8. The zero-order chi connectivity index (χ0) is 80.7. The molecule has 0 radical (unpaired) electrons. The van der Waals surface area contributed by atoms with E-state index in [0.29, 0.717) is 0 Å². The smallest absolute Gasteiger partial charge is 0.256 e. The van der Waals surface area contributed by atoms with Crippen LogP contribution in [0.3, 0.4) is 0 Å². The molecule has 0 fully saturated rings. The third-order valence-electron chi connectivity index (χ3n) is 22.8. The third kappa shape index (κ3) is 15.0. The first-order valence-electron chi connectivity index (χ1n) is 39.7. The highest BCUT2D eigenvalue weighted by Crippen LogP contribution is 2.38. The lowest BCUT2D eigenvalue weighted by Gasteiger charge is -2.12. The van der Waals surface area contributed by atoms with E-state index in [1.807, 2.05) is 89.8 Å². The molecule has 0 aliphatic carbocycles. The molecular weight excluding hydrogens is 1430 g/mol. The van der Waals surface area contributed by atoms with Crippen LogP contribution in [-0.2, 0) is 35.2 Å². The second kappa shape index (κ2) is 31.9. The molecule has 0 aliphatic heterocycles. The van der Waals surface area contributed by atoms with Gasteiger partial charge in [0, 0.05) is 51.1 Å². The molecule has 0 bridgehead atoms. The van der Waals surface area contributed by atoms with Gasteiger partial charge in [0.25, 0.3) is 12.7 Å². The third-order valence-corrected chi connectivity index (χ3v) is 22.8. The maximum Gasteiger partial charge on any atom is 0.287 e. The van der Waals surface area contributed by atoms with Crippen molar-refractivity contribution in [3.63, 3.8) is 0 Å². The van der Waals surface area contributed by atoms with Gasteiger partial charge in [-0.05, 0) is 224 Å². The van der Waals surface area contributed by atoms with Gasteiger partial charge >= 0.3 is 0 Å². The Labute approximate surface area is 681 Å². The van der Waals surface area contributed by atoms with Crippen LogP contribution in [0.2, 0.25) is 0 Å². The molecule has 7 heterocycles. The molecule has 0 unspecified atom stereocenters. The Morgan fingerprint density at radius 2 is 0.556 bits per heavy atom. The summed E-state index contributed by atoms with van der Waals surface area (Å²) >= 11 is 0. The Balaban J connectivity index is 0.000000105. The summed E-state index contributed by atoms with van der Waals surface area (Å²) in [5, 5.41) is 23.9. The van der Waals surface area contributed by atoms with E-state index in [1.54, 1.807) is 0 Å². The largest absolute Gasteiger partial charge is 0.287 e. The predicted molar refractivity (Wildman–Crippen MR) is 480 cm³/mol. The number of aromatic nitrogens is 12. The first-order chi connectivity index (χ1) is 56.9. The highest BCUT2D eigenvalue weighted by atomic mass is 15.0. The predicted octanol–water partition coefficient (Wildman–Crippen LogP) is 21.8. The normalized spacial score (nSPS) is 11.3. The van der Waals surface area contributed by atoms with Crippen molar-refractivity contribution in [1.82, 2.24) is 34.9 Å². The summed E-state index contributed by atoms with van der Waals surface area (Å²) in [6, 6.07) is 88.8. The summed E-state index contributed by atoms with van der Waals surface area (Å²) in [7, 11) is 10.3. The van der Waals surface area contributed by atoms with Gasteiger partial charge in [-0.1, -0.05) is 187 Å². The van der Waals surface area contributed by atoms with Gasteiger partial charge in [-0.2, -0.15) is 13.7 Å². The van der Waals surface area contributed by atoms with Crippen molar-refractivity contribution < 1.29 is 22.8 Å². The van der Waals surface area contributed by atoms with Crippen molar-refractivity contribution in [2.24, 2.45) is 35.2 Å². The van der Waals surface area contributed by atoms with Crippen molar-refractivity contribution in [3.8, 4) is 56.3 Å². The van der Waals surface area contributed by atoms with Crippen LogP contribution in [-0.4, -0.2) is 34.9 Å². The van der Waals surface area contributed by atoms with Crippen molar-refractivity contribution >= 4 is 119 Å². The maximum absolute atomic E-state index is 4.62. The van der Waals surface area contributed by atoms with Crippen LogP contribution in [0.1, 0.15) is 44.9 Å². The van der Waals surface area contributed by atoms with Crippen molar-refractivity contribution in [2.45, 2.75) is 55.4 Å². The Bertz CT molecular complexity index is 7110. The van der Waals surface area contributed by atoms with E-state index in [4.69, 9.17) is 0 Å². The van der Waals surface area contributed by atoms with Gasteiger partial charge in [-0.15, -0.1) is 0 Å². The van der Waals surface area contributed by atoms with Gasteiger partial charge in [-0.3, -0.25) is 9.97 Å². The fourth-order valence-corrected chi connectivity index (χ4v) is 16.8. The molecule has 0 amide bonds. The minimum atomic E-state index is 1.02. The van der Waals surface area contributed by atoms with Crippen LogP contribution in [0.5, 0.6) is 0 Å². The zero-order valence-electron chi connectivity index (χ0n) is 68.4. The molecule has 12 heteroatoms. The first-order valence-corrected chi connectivity index (χ1v) is 39.7. The Morgan fingerprint density at radius 3 is 1.03 bits per heavy atom. The van der Waals surface area contributed by atoms with Crippen LogP contribution in [0, 0.1) is 55.4 Å². The van der Waals surface area contributed by atoms with Gasteiger partial charge in [-0.25, -0.2) is 24.1 Å². The number of hydrogen-bond acceptors (Lipinski definition) is 7. The summed E-state index contributed by atoms with van der Waals surface area (Å²) in [4.78, 5) is 31.3. The molecule has 0 saturated heterocycles. The van der Waals surface area contributed by atoms with Crippen LogP contribution >= 0.6 is 0 Å². The Hall–Kier alpha value is -14.4. The molecule has 21 rings (SSSR count). The minimum Gasteiger partial charge on any atom is -0.256 e. The van der Waals surface area contributed by atoms with E-state index in [1.165, 1.54) is 169 Å².